The molecule has 0 radical (unpaired) electrons. The zero-order valence-electron chi connectivity index (χ0n) is 19.0. The number of rotatable bonds is 13. The molecule has 0 bridgehead atoms. The number of carbonyl (C=O) groups is 5. The quantitative estimate of drug-likeness (QED) is 0.164. The maximum Gasteiger partial charge on any atom is 0.373 e. The number of nitrogens with zero attached hydrogens (tertiary/aromatic N) is 1. The van der Waals surface area contributed by atoms with Crippen LogP contribution in [0.25, 0.3) is 0 Å². The molecular weight excluding hydrogens is 480 g/mol. The topological polar surface area (TPSA) is 121 Å². The molecule has 31 heavy (non-hydrogen) atoms. The summed E-state index contributed by atoms with van der Waals surface area (Å²) in [7, 11) is 3.01. The highest BCUT2D eigenvalue weighted by atomic mass is 33.1. The number of carboxylic acid groups (broad SMARTS) is 1. The van der Waals surface area contributed by atoms with Gasteiger partial charge in [-0.2, -0.15) is 23.5 Å². The second-order valence-corrected chi connectivity index (χ2v) is 10.2. The number of hydrogen-bond acceptors (Lipinski definition) is 9. The molecule has 12 heteroatoms. The third-order valence-corrected chi connectivity index (χ3v) is 7.91. The molecule has 1 saturated heterocycles. The van der Waals surface area contributed by atoms with Crippen LogP contribution in [0, 0.1) is 0 Å². The zero-order chi connectivity index (χ0) is 24.4. The van der Waals surface area contributed by atoms with Gasteiger partial charge in [0.2, 0.25) is 17.7 Å². The van der Waals surface area contributed by atoms with Crippen molar-refractivity contribution in [2.75, 3.05) is 37.1 Å². The van der Waals surface area contributed by atoms with Crippen molar-refractivity contribution in [3.8, 4) is 0 Å². The van der Waals surface area contributed by atoms with E-state index in [4.69, 9.17) is 5.11 Å². The number of Topliss-reactive ketones (excluding diaryl/α,β-unsaturated/α-hetero) is 1. The van der Waals surface area contributed by atoms with E-state index in [0.29, 0.717) is 24.6 Å². The third kappa shape index (κ3) is 12.7. The van der Waals surface area contributed by atoms with Crippen LogP contribution in [-0.2, 0) is 24.0 Å². The predicted octanol–water partition coefficient (Wildman–Crippen LogP) is 2.80. The van der Waals surface area contributed by atoms with E-state index in [1.807, 2.05) is 34.0 Å². The van der Waals surface area contributed by atoms with Crippen LogP contribution in [-0.4, -0.2) is 87.1 Å². The minimum Gasteiger partial charge on any atom is -0.475 e. The average molecular weight is 515 g/mol. The molecule has 1 rings (SSSR count). The Bertz CT molecular complexity index is 592. The highest BCUT2D eigenvalue weighted by Crippen LogP contribution is 2.25. The van der Waals surface area contributed by atoms with E-state index in [2.05, 4.69) is 5.32 Å². The Labute approximate surface area is 201 Å². The normalized spacial score (nSPS) is 15.9. The fourth-order valence-electron chi connectivity index (χ4n) is 2.21. The number of hydrogen-bond donors (Lipinski definition) is 2. The first-order chi connectivity index (χ1) is 14.8. The molecule has 0 aliphatic carbocycles. The molecule has 180 valence electrons. The predicted molar refractivity (Wildman–Crippen MR) is 134 cm³/mol. The van der Waals surface area contributed by atoms with Gasteiger partial charge in [0, 0.05) is 37.4 Å². The molecule has 8 nitrogen and oxygen atoms in total. The van der Waals surface area contributed by atoms with E-state index in [-0.39, 0.29) is 35.8 Å². The van der Waals surface area contributed by atoms with Gasteiger partial charge in [0.05, 0.1) is 10.5 Å². The Kier molecular flexibility index (Phi) is 20.7. The van der Waals surface area contributed by atoms with Gasteiger partial charge in [0.15, 0.2) is 0 Å². The van der Waals surface area contributed by atoms with E-state index in [1.165, 1.54) is 38.2 Å². The number of imide groups is 1. The number of carboxylic acids is 1. The number of nitrogens with one attached hydrogen (secondary N) is 1. The van der Waals surface area contributed by atoms with Gasteiger partial charge < -0.3 is 10.4 Å². The van der Waals surface area contributed by atoms with E-state index < -0.39 is 17.0 Å². The average Bonchev–Trinajstić information content (AvgIpc) is 3.06. The summed E-state index contributed by atoms with van der Waals surface area (Å²) in [5.41, 5.74) is 0. The van der Waals surface area contributed by atoms with E-state index >= 15 is 0 Å². The summed E-state index contributed by atoms with van der Waals surface area (Å²) in [4.78, 5) is 58.8. The molecule has 1 fully saturated rings. The number of carbonyl (C=O) groups excluding carboxylic acids is 4. The van der Waals surface area contributed by atoms with Crippen LogP contribution in [0.5, 0.6) is 0 Å². The van der Waals surface area contributed by atoms with E-state index in [1.54, 1.807) is 6.26 Å². The number of aliphatic carboxylic acids is 1. The first-order valence-corrected chi connectivity index (χ1v) is 15.1. The van der Waals surface area contributed by atoms with Crippen molar-refractivity contribution in [1.82, 2.24) is 10.2 Å². The van der Waals surface area contributed by atoms with Crippen molar-refractivity contribution in [3.63, 3.8) is 0 Å². The van der Waals surface area contributed by atoms with Gasteiger partial charge in [-0.3, -0.25) is 24.1 Å². The molecule has 2 atom stereocenters. The van der Waals surface area contributed by atoms with Crippen molar-refractivity contribution >= 4 is 74.6 Å². The SMILES string of the molecule is CC.CC.CSC(CC(=O)NCCSSCCN1C(=O)CC(SC)C1=O)C(=O)C(=O)O. The maximum atomic E-state index is 11.9. The molecule has 3 amide bonds. The molecule has 0 spiro atoms. The molecule has 1 aliphatic rings. The van der Waals surface area contributed by atoms with Crippen LogP contribution in [0.4, 0.5) is 0 Å². The summed E-state index contributed by atoms with van der Waals surface area (Å²) >= 11 is 2.43. The van der Waals surface area contributed by atoms with Crippen molar-refractivity contribution in [2.24, 2.45) is 0 Å². The molecule has 0 saturated carbocycles. The van der Waals surface area contributed by atoms with Gasteiger partial charge in [0.1, 0.15) is 0 Å². The first kappa shape index (κ1) is 32.3. The number of thioether (sulfide) groups is 2. The van der Waals surface area contributed by atoms with E-state index in [9.17, 15) is 24.0 Å². The Balaban J connectivity index is 0. The monoisotopic (exact) mass is 514 g/mol. The van der Waals surface area contributed by atoms with Gasteiger partial charge in [-0.25, -0.2) is 4.79 Å². The molecule has 2 N–H and O–H groups in total. The van der Waals surface area contributed by atoms with Crippen molar-refractivity contribution < 1.29 is 29.1 Å². The smallest absolute Gasteiger partial charge is 0.373 e. The lowest BCUT2D eigenvalue weighted by Gasteiger charge is -2.14. The minimum absolute atomic E-state index is 0.121. The third-order valence-electron chi connectivity index (χ3n) is 3.63. The van der Waals surface area contributed by atoms with Crippen LogP contribution in [0.3, 0.4) is 0 Å². The lowest BCUT2D eigenvalue weighted by molar-refractivity contribution is -0.149. The van der Waals surface area contributed by atoms with Crippen LogP contribution in [0.1, 0.15) is 40.5 Å². The molecule has 0 aromatic heterocycles. The van der Waals surface area contributed by atoms with Gasteiger partial charge >= 0.3 is 5.97 Å². The first-order valence-electron chi connectivity index (χ1n) is 9.99. The maximum absolute atomic E-state index is 11.9. The lowest BCUT2D eigenvalue weighted by Crippen LogP contribution is -2.34. The fourth-order valence-corrected chi connectivity index (χ4v) is 5.34. The summed E-state index contributed by atoms with van der Waals surface area (Å²) in [5.74, 6) is -1.90. The Morgan fingerprint density at radius 3 is 2.16 bits per heavy atom. The number of likely N-dealkylation sites (tertiary alicyclic amines) is 1. The van der Waals surface area contributed by atoms with Crippen molar-refractivity contribution in [2.45, 2.75) is 51.0 Å². The van der Waals surface area contributed by atoms with Crippen molar-refractivity contribution in [1.29, 1.82) is 0 Å². The minimum atomic E-state index is -1.53. The second kappa shape index (κ2) is 19.8. The highest BCUT2D eigenvalue weighted by Gasteiger charge is 2.37. The fraction of sp³-hybridized carbons (Fsp3) is 0.737. The molecule has 1 aliphatic heterocycles. The summed E-state index contributed by atoms with van der Waals surface area (Å²) < 4.78 is 0. The van der Waals surface area contributed by atoms with E-state index in [0.717, 1.165) is 11.8 Å². The summed E-state index contributed by atoms with van der Waals surface area (Å²) in [6, 6.07) is 0. The Hall–Kier alpha value is -0.850. The number of ketones is 1. The zero-order valence-corrected chi connectivity index (χ0v) is 22.2. The van der Waals surface area contributed by atoms with Gasteiger partial charge in [0.25, 0.3) is 5.78 Å². The standard InChI is InChI=1S/C15H22N2O6S4.2C2H6/c1-24-9(13(20)15(22)23)7-11(18)16-3-5-26-27-6-4-17-12(19)8-10(25-2)14(17)21;2*1-2/h9-10H,3-8H2,1-2H3,(H,16,18)(H,22,23);2*1-2H3. The van der Waals surface area contributed by atoms with Crippen molar-refractivity contribution in [3.05, 3.63) is 0 Å². The molecule has 2 unspecified atom stereocenters. The largest absolute Gasteiger partial charge is 0.475 e. The molecule has 1 heterocycles. The van der Waals surface area contributed by atoms with Gasteiger partial charge in [-0.05, 0) is 12.5 Å². The van der Waals surface area contributed by atoms with Crippen LogP contribution in [0.2, 0.25) is 0 Å². The second-order valence-electron chi connectivity index (χ2n) is 5.40. The lowest BCUT2D eigenvalue weighted by atomic mass is 10.2. The molecule has 0 aromatic carbocycles. The number of amides is 3. The van der Waals surface area contributed by atoms with Crippen LogP contribution >= 0.6 is 45.1 Å². The van der Waals surface area contributed by atoms with Crippen LogP contribution < -0.4 is 5.32 Å². The Morgan fingerprint density at radius 1 is 1.10 bits per heavy atom. The van der Waals surface area contributed by atoms with Gasteiger partial charge in [-0.15, -0.1) is 0 Å². The summed E-state index contributed by atoms with van der Waals surface area (Å²) in [5, 5.41) is 10.2. The van der Waals surface area contributed by atoms with Crippen LogP contribution in [0.15, 0.2) is 0 Å². The summed E-state index contributed by atoms with van der Waals surface area (Å²) in [6.45, 7) is 8.76. The highest BCUT2D eigenvalue weighted by molar-refractivity contribution is 8.76. The Morgan fingerprint density at radius 2 is 1.68 bits per heavy atom. The molecule has 0 aromatic rings. The summed E-state index contributed by atoms with van der Waals surface area (Å²) in [6.07, 6.45) is 3.50. The molecular formula is C19H34N2O6S4. The van der Waals surface area contributed by atoms with Gasteiger partial charge in [-0.1, -0.05) is 49.3 Å².